The van der Waals surface area contributed by atoms with E-state index in [1.807, 2.05) is 20.8 Å². The van der Waals surface area contributed by atoms with Gasteiger partial charge in [0.2, 0.25) is 0 Å². The summed E-state index contributed by atoms with van der Waals surface area (Å²) in [6, 6.07) is 12.4. The van der Waals surface area contributed by atoms with Crippen molar-refractivity contribution in [1.82, 2.24) is 3.97 Å². The fourth-order valence-electron chi connectivity index (χ4n) is 2.94. The fraction of sp³-hybridized carbons (Fsp3) is 0.286. The quantitative estimate of drug-likeness (QED) is 0.445. The van der Waals surface area contributed by atoms with Gasteiger partial charge in [0.15, 0.2) is 0 Å². The number of benzene rings is 2. The largest absolute Gasteiger partial charge is 0.591 e. The Kier molecular flexibility index (Phi) is 5.64. The van der Waals surface area contributed by atoms with Gasteiger partial charge >= 0.3 is 0 Å². The Hall–Kier alpha value is -2.16. The highest BCUT2D eigenvalue weighted by atomic mass is 32.2. The van der Waals surface area contributed by atoms with Crippen LogP contribution in [0.2, 0.25) is 0 Å². The maximum atomic E-state index is 15.1. The number of halogens is 1. The molecule has 0 radical (unpaired) electrons. The molecule has 2 aromatic carbocycles. The SMILES string of the molecule is C/C(=N\[S@@+]([O-])C(C)(C)C)c1cc(F)c2c(c1)cc(C)n2S(=O)(=O)c1ccccc1. The van der Waals surface area contributed by atoms with Crippen LogP contribution in [0.1, 0.15) is 39.0 Å². The molecule has 0 saturated heterocycles. The van der Waals surface area contributed by atoms with E-state index in [2.05, 4.69) is 4.40 Å². The van der Waals surface area contributed by atoms with Crippen molar-refractivity contribution in [3.05, 3.63) is 65.6 Å². The number of fused-ring (bicyclic) bond motifs is 1. The molecular weight excluding hydrogens is 411 g/mol. The predicted molar refractivity (Wildman–Crippen MR) is 116 cm³/mol. The molecular formula is C21H23FN2O3S2. The summed E-state index contributed by atoms with van der Waals surface area (Å²) in [6.07, 6.45) is 0. The van der Waals surface area contributed by atoms with Gasteiger partial charge in [-0.05, 0) is 65.0 Å². The molecule has 0 aliphatic rings. The number of rotatable bonds is 4. The first-order chi connectivity index (χ1) is 13.4. The summed E-state index contributed by atoms with van der Waals surface area (Å²) >= 11 is -1.48. The Labute approximate surface area is 173 Å². The van der Waals surface area contributed by atoms with Crippen LogP contribution in [0.3, 0.4) is 0 Å². The molecule has 0 aliphatic heterocycles. The van der Waals surface area contributed by atoms with E-state index in [1.54, 1.807) is 44.2 Å². The summed E-state index contributed by atoms with van der Waals surface area (Å²) in [4.78, 5) is 0.0855. The van der Waals surface area contributed by atoms with E-state index < -0.39 is 31.9 Å². The topological polar surface area (TPSA) is 74.5 Å². The molecule has 1 aromatic heterocycles. The van der Waals surface area contributed by atoms with Gasteiger partial charge in [-0.3, -0.25) is 0 Å². The van der Waals surface area contributed by atoms with Crippen molar-refractivity contribution >= 4 is 38.0 Å². The van der Waals surface area contributed by atoms with Crippen LogP contribution in [0, 0.1) is 12.7 Å². The minimum Gasteiger partial charge on any atom is -0.591 e. The van der Waals surface area contributed by atoms with Crippen LogP contribution in [0.25, 0.3) is 10.9 Å². The van der Waals surface area contributed by atoms with Crippen molar-refractivity contribution in [3.8, 4) is 0 Å². The van der Waals surface area contributed by atoms with E-state index in [0.29, 0.717) is 22.4 Å². The summed E-state index contributed by atoms with van der Waals surface area (Å²) in [5, 5.41) is 0.438. The van der Waals surface area contributed by atoms with E-state index in [1.165, 1.54) is 18.2 Å². The van der Waals surface area contributed by atoms with Gasteiger partial charge in [-0.2, -0.15) is 0 Å². The minimum absolute atomic E-state index is 0.0140. The van der Waals surface area contributed by atoms with E-state index in [9.17, 15) is 13.0 Å². The van der Waals surface area contributed by atoms with Crippen molar-refractivity contribution in [2.24, 2.45) is 4.40 Å². The van der Waals surface area contributed by atoms with E-state index in [-0.39, 0.29) is 10.4 Å². The molecule has 29 heavy (non-hydrogen) atoms. The average Bonchev–Trinajstić information content (AvgIpc) is 2.98. The lowest BCUT2D eigenvalue weighted by Gasteiger charge is -2.18. The molecule has 5 nitrogen and oxygen atoms in total. The Bertz CT molecular complexity index is 1190. The van der Waals surface area contributed by atoms with E-state index in [4.69, 9.17) is 0 Å². The van der Waals surface area contributed by atoms with Crippen molar-refractivity contribution in [2.75, 3.05) is 0 Å². The van der Waals surface area contributed by atoms with Gasteiger partial charge in [-0.1, -0.05) is 22.6 Å². The molecule has 0 fully saturated rings. The van der Waals surface area contributed by atoms with Crippen LogP contribution in [0.15, 0.2) is 57.8 Å². The van der Waals surface area contributed by atoms with Crippen LogP contribution >= 0.6 is 0 Å². The molecule has 0 saturated carbocycles. The lowest BCUT2D eigenvalue weighted by atomic mass is 10.1. The number of aryl methyl sites for hydroxylation is 1. The van der Waals surface area contributed by atoms with Gasteiger partial charge in [0, 0.05) is 16.6 Å². The van der Waals surface area contributed by atoms with Gasteiger partial charge < -0.3 is 4.55 Å². The summed E-state index contributed by atoms with van der Waals surface area (Å²) in [5.41, 5.74) is 1.27. The lowest BCUT2D eigenvalue weighted by Crippen LogP contribution is -2.26. The summed E-state index contributed by atoms with van der Waals surface area (Å²) in [6.45, 7) is 8.70. The zero-order valence-electron chi connectivity index (χ0n) is 16.9. The number of hydrogen-bond donors (Lipinski definition) is 0. The molecule has 0 unspecified atom stereocenters. The third-order valence-corrected chi connectivity index (χ3v) is 7.73. The van der Waals surface area contributed by atoms with Gasteiger partial charge in [-0.15, -0.1) is 0 Å². The van der Waals surface area contributed by atoms with Crippen LogP contribution < -0.4 is 0 Å². The maximum absolute atomic E-state index is 15.1. The third-order valence-electron chi connectivity index (χ3n) is 4.42. The summed E-state index contributed by atoms with van der Waals surface area (Å²) < 4.78 is 58.2. The first kappa shape index (κ1) is 21.5. The van der Waals surface area contributed by atoms with Crippen molar-refractivity contribution in [2.45, 2.75) is 44.3 Å². The second kappa shape index (κ2) is 7.59. The molecule has 1 atom stereocenters. The Morgan fingerprint density at radius 1 is 1.14 bits per heavy atom. The zero-order valence-corrected chi connectivity index (χ0v) is 18.6. The summed E-state index contributed by atoms with van der Waals surface area (Å²) in [5.74, 6) is -0.679. The molecule has 0 N–H and O–H groups in total. The van der Waals surface area contributed by atoms with Gasteiger partial charge in [-0.25, -0.2) is 16.8 Å². The molecule has 0 aliphatic carbocycles. The van der Waals surface area contributed by atoms with Gasteiger partial charge in [0.25, 0.3) is 10.0 Å². The van der Waals surface area contributed by atoms with Crippen molar-refractivity contribution in [1.29, 1.82) is 0 Å². The van der Waals surface area contributed by atoms with E-state index >= 15 is 4.39 Å². The van der Waals surface area contributed by atoms with Crippen LogP contribution in [0.5, 0.6) is 0 Å². The number of aromatic nitrogens is 1. The number of hydrogen-bond acceptors (Lipinski definition) is 4. The third kappa shape index (κ3) is 4.10. The molecule has 0 bridgehead atoms. The normalized spacial score (nSPS) is 14.4. The molecule has 8 heteroatoms. The fourth-order valence-corrected chi connectivity index (χ4v) is 5.14. The predicted octanol–water partition coefficient (Wildman–Crippen LogP) is 4.60. The Morgan fingerprint density at radius 2 is 1.76 bits per heavy atom. The second-order valence-corrected chi connectivity index (χ2v) is 11.5. The molecule has 0 amide bonds. The smallest absolute Gasteiger partial charge is 0.268 e. The van der Waals surface area contributed by atoms with E-state index in [0.717, 1.165) is 3.97 Å². The van der Waals surface area contributed by atoms with Crippen LogP contribution in [-0.2, 0) is 21.4 Å². The Balaban J connectivity index is 2.17. The molecule has 1 heterocycles. The molecule has 154 valence electrons. The highest BCUT2D eigenvalue weighted by Crippen LogP contribution is 2.29. The summed E-state index contributed by atoms with van der Waals surface area (Å²) in [7, 11) is -3.95. The zero-order chi connectivity index (χ0) is 21.6. The standard InChI is InChI=1S/C21H23FN2O3S2/c1-14-11-17-12-16(15(2)23-28(25)21(3,4)5)13-19(22)20(17)24(14)29(26,27)18-9-7-6-8-10-18/h6-13H,1-5H3/b23-15+/t28-/m0/s1. The highest BCUT2D eigenvalue weighted by Gasteiger charge is 2.28. The average molecular weight is 435 g/mol. The first-order valence-corrected chi connectivity index (χ1v) is 11.6. The van der Waals surface area contributed by atoms with Crippen molar-refractivity contribution in [3.63, 3.8) is 0 Å². The van der Waals surface area contributed by atoms with Crippen LogP contribution in [0.4, 0.5) is 4.39 Å². The molecule has 3 rings (SSSR count). The van der Waals surface area contributed by atoms with Crippen molar-refractivity contribution < 1.29 is 17.4 Å². The molecule has 0 spiro atoms. The van der Waals surface area contributed by atoms with Crippen LogP contribution in [-0.4, -0.2) is 27.4 Å². The highest BCUT2D eigenvalue weighted by molar-refractivity contribution is 7.91. The maximum Gasteiger partial charge on any atom is 0.268 e. The lowest BCUT2D eigenvalue weighted by molar-refractivity contribution is 0.561. The monoisotopic (exact) mass is 434 g/mol. The minimum atomic E-state index is -3.95. The second-order valence-electron chi connectivity index (χ2n) is 7.80. The first-order valence-electron chi connectivity index (χ1n) is 9.03. The molecule has 3 aromatic rings. The Morgan fingerprint density at radius 3 is 2.34 bits per heavy atom. The van der Waals surface area contributed by atoms with Gasteiger partial charge in [0.05, 0.1) is 10.6 Å². The number of nitrogens with zero attached hydrogens (tertiary/aromatic N) is 2. The van der Waals surface area contributed by atoms with Gasteiger partial charge in [0.1, 0.15) is 27.4 Å².